The van der Waals surface area contributed by atoms with Crippen LogP contribution in [0.2, 0.25) is 5.02 Å². The predicted octanol–water partition coefficient (Wildman–Crippen LogP) is 2.97. The molecule has 0 bridgehead atoms. The van der Waals surface area contributed by atoms with E-state index in [1.165, 1.54) is 11.4 Å². The third kappa shape index (κ3) is 2.38. The van der Waals surface area contributed by atoms with Gasteiger partial charge in [-0.25, -0.2) is 0 Å². The lowest BCUT2D eigenvalue weighted by Gasteiger charge is -2.11. The zero-order valence-corrected chi connectivity index (χ0v) is 7.83. The number of hydrogen-bond acceptors (Lipinski definition) is 2. The minimum absolute atomic E-state index is 0.0868. The Morgan fingerprint density at radius 2 is 2.31 bits per heavy atom. The van der Waals surface area contributed by atoms with E-state index in [2.05, 4.69) is 0 Å². The maximum atomic E-state index is 13.0. The first-order chi connectivity index (χ1) is 5.93. The second-order valence-electron chi connectivity index (χ2n) is 2.37. The van der Waals surface area contributed by atoms with Crippen LogP contribution in [0, 0.1) is 0 Å². The van der Waals surface area contributed by atoms with Crippen LogP contribution in [0.5, 0.6) is 0 Å². The standard InChI is InChI=1S/C7H5ClF2O2S/c8-4-1-2-13-6(4)7(9,10)3-5(11)12/h1-2H,3H2,(H,11,12). The number of halogens is 3. The van der Waals surface area contributed by atoms with Crippen molar-refractivity contribution in [2.75, 3.05) is 0 Å². The fraction of sp³-hybridized carbons (Fsp3) is 0.286. The molecule has 6 heteroatoms. The van der Waals surface area contributed by atoms with E-state index in [0.717, 1.165) is 11.3 Å². The van der Waals surface area contributed by atoms with Crippen molar-refractivity contribution in [2.45, 2.75) is 12.3 Å². The van der Waals surface area contributed by atoms with E-state index in [1.54, 1.807) is 0 Å². The lowest BCUT2D eigenvalue weighted by atomic mass is 10.2. The molecule has 1 heterocycles. The topological polar surface area (TPSA) is 37.3 Å². The molecular formula is C7H5ClF2O2S. The molecule has 0 fully saturated rings. The molecule has 0 saturated heterocycles. The van der Waals surface area contributed by atoms with Crippen molar-refractivity contribution >= 4 is 28.9 Å². The minimum Gasteiger partial charge on any atom is -0.481 e. The Labute approximate surface area is 81.8 Å². The van der Waals surface area contributed by atoms with Gasteiger partial charge < -0.3 is 5.11 Å². The van der Waals surface area contributed by atoms with Crippen molar-refractivity contribution in [2.24, 2.45) is 0 Å². The lowest BCUT2D eigenvalue weighted by molar-refractivity contribution is -0.145. The molecule has 1 aromatic heterocycles. The van der Waals surface area contributed by atoms with E-state index in [0.29, 0.717) is 0 Å². The normalized spacial score (nSPS) is 11.6. The van der Waals surface area contributed by atoms with Gasteiger partial charge in [-0.2, -0.15) is 8.78 Å². The molecule has 1 aromatic rings. The summed E-state index contributed by atoms with van der Waals surface area (Å²) in [6.07, 6.45) is -1.23. The number of carboxylic acids is 1. The molecular weight excluding hydrogens is 222 g/mol. The quantitative estimate of drug-likeness (QED) is 0.860. The van der Waals surface area contributed by atoms with Gasteiger partial charge in [0.25, 0.3) is 5.92 Å². The van der Waals surface area contributed by atoms with Gasteiger partial charge in [-0.3, -0.25) is 4.79 Å². The molecule has 1 N–H and O–H groups in total. The van der Waals surface area contributed by atoms with Gasteiger partial charge in [-0.1, -0.05) is 11.6 Å². The Morgan fingerprint density at radius 3 is 2.69 bits per heavy atom. The Bertz CT molecular complexity index is 324. The van der Waals surface area contributed by atoms with E-state index >= 15 is 0 Å². The van der Waals surface area contributed by atoms with Crippen LogP contribution in [0.3, 0.4) is 0 Å². The van der Waals surface area contributed by atoms with Crippen LogP contribution in [-0.2, 0) is 10.7 Å². The summed E-state index contributed by atoms with van der Waals surface area (Å²) in [5, 5.41) is 9.53. The van der Waals surface area contributed by atoms with Crippen LogP contribution in [-0.4, -0.2) is 11.1 Å². The molecule has 0 aliphatic rings. The van der Waals surface area contributed by atoms with Gasteiger partial charge in [-0.15, -0.1) is 11.3 Å². The summed E-state index contributed by atoms with van der Waals surface area (Å²) in [4.78, 5) is 9.71. The Morgan fingerprint density at radius 1 is 1.69 bits per heavy atom. The summed E-state index contributed by atoms with van der Waals surface area (Å²) in [6, 6.07) is 1.32. The van der Waals surface area contributed by atoms with Gasteiger partial charge in [0.05, 0.1) is 9.90 Å². The second kappa shape index (κ2) is 3.59. The maximum absolute atomic E-state index is 13.0. The van der Waals surface area contributed by atoms with Crippen LogP contribution < -0.4 is 0 Å². The van der Waals surface area contributed by atoms with Gasteiger partial charge >= 0.3 is 5.97 Å². The average Bonchev–Trinajstić information content (AvgIpc) is 2.32. The van der Waals surface area contributed by atoms with Crippen LogP contribution in [0.15, 0.2) is 11.4 Å². The molecule has 0 aliphatic heterocycles. The van der Waals surface area contributed by atoms with E-state index in [1.807, 2.05) is 0 Å². The molecule has 13 heavy (non-hydrogen) atoms. The molecule has 0 spiro atoms. The first-order valence-corrected chi connectivity index (χ1v) is 4.52. The average molecular weight is 227 g/mol. The van der Waals surface area contributed by atoms with Crippen LogP contribution in [0.1, 0.15) is 11.3 Å². The highest BCUT2D eigenvalue weighted by Crippen LogP contribution is 2.39. The summed E-state index contributed by atoms with van der Waals surface area (Å²) in [5.41, 5.74) is 0. The van der Waals surface area contributed by atoms with Gasteiger partial charge in [-0.05, 0) is 11.4 Å². The highest BCUT2D eigenvalue weighted by atomic mass is 35.5. The molecule has 0 aliphatic carbocycles. The van der Waals surface area contributed by atoms with Crippen LogP contribution in [0.4, 0.5) is 8.78 Å². The molecule has 0 radical (unpaired) electrons. The smallest absolute Gasteiger partial charge is 0.309 e. The van der Waals surface area contributed by atoms with Gasteiger partial charge in [0.15, 0.2) is 0 Å². The number of alkyl halides is 2. The third-order valence-corrected chi connectivity index (χ3v) is 2.78. The van der Waals surface area contributed by atoms with Crippen molar-refractivity contribution in [3.63, 3.8) is 0 Å². The van der Waals surface area contributed by atoms with Crippen molar-refractivity contribution in [3.8, 4) is 0 Å². The molecule has 0 atom stereocenters. The van der Waals surface area contributed by atoms with Crippen LogP contribution in [0.25, 0.3) is 0 Å². The van der Waals surface area contributed by atoms with E-state index in [4.69, 9.17) is 16.7 Å². The monoisotopic (exact) mass is 226 g/mol. The molecule has 72 valence electrons. The Kier molecular flexibility index (Phi) is 2.87. The molecule has 1 rings (SSSR count). The first-order valence-electron chi connectivity index (χ1n) is 3.26. The third-order valence-electron chi connectivity index (χ3n) is 1.32. The van der Waals surface area contributed by atoms with Gasteiger partial charge in [0, 0.05) is 0 Å². The van der Waals surface area contributed by atoms with Gasteiger partial charge in [0.2, 0.25) is 0 Å². The van der Waals surface area contributed by atoms with Crippen molar-refractivity contribution in [1.29, 1.82) is 0 Å². The highest BCUT2D eigenvalue weighted by molar-refractivity contribution is 7.10. The maximum Gasteiger partial charge on any atom is 0.309 e. The molecule has 0 amide bonds. The predicted molar refractivity (Wildman–Crippen MR) is 45.5 cm³/mol. The number of rotatable bonds is 3. The summed E-state index contributed by atoms with van der Waals surface area (Å²) in [5.74, 6) is -4.92. The number of thiophene rings is 1. The summed E-state index contributed by atoms with van der Waals surface area (Å²) < 4.78 is 26.1. The molecule has 2 nitrogen and oxygen atoms in total. The molecule has 0 aromatic carbocycles. The van der Waals surface area contributed by atoms with Crippen molar-refractivity contribution < 1.29 is 18.7 Å². The number of hydrogen-bond donors (Lipinski definition) is 1. The van der Waals surface area contributed by atoms with Crippen molar-refractivity contribution in [1.82, 2.24) is 0 Å². The van der Waals surface area contributed by atoms with Gasteiger partial charge in [0.1, 0.15) is 6.42 Å². The van der Waals surface area contributed by atoms with E-state index < -0.39 is 23.2 Å². The number of carboxylic acid groups (broad SMARTS) is 1. The zero-order chi connectivity index (χ0) is 10.1. The zero-order valence-electron chi connectivity index (χ0n) is 6.26. The molecule has 0 saturated carbocycles. The Hall–Kier alpha value is -0.680. The SMILES string of the molecule is O=C(O)CC(F)(F)c1sccc1Cl. The van der Waals surface area contributed by atoms with Crippen molar-refractivity contribution in [3.05, 3.63) is 21.3 Å². The molecule has 0 unspecified atom stereocenters. The summed E-state index contributed by atoms with van der Waals surface area (Å²) in [7, 11) is 0. The Balaban J connectivity index is 2.93. The van der Waals surface area contributed by atoms with E-state index in [9.17, 15) is 13.6 Å². The minimum atomic E-state index is -3.38. The van der Waals surface area contributed by atoms with Crippen LogP contribution >= 0.6 is 22.9 Å². The second-order valence-corrected chi connectivity index (χ2v) is 3.70. The summed E-state index contributed by atoms with van der Waals surface area (Å²) >= 11 is 6.20. The largest absolute Gasteiger partial charge is 0.481 e. The summed E-state index contributed by atoms with van der Waals surface area (Å²) in [6.45, 7) is 0. The highest BCUT2D eigenvalue weighted by Gasteiger charge is 2.37. The fourth-order valence-corrected chi connectivity index (χ4v) is 2.00. The number of carbonyl (C=O) groups is 1. The van der Waals surface area contributed by atoms with E-state index in [-0.39, 0.29) is 5.02 Å². The number of aliphatic carboxylic acids is 1. The lowest BCUT2D eigenvalue weighted by Crippen LogP contribution is -2.17. The fourth-order valence-electron chi connectivity index (χ4n) is 0.825. The first kappa shape index (κ1) is 10.4.